The van der Waals surface area contributed by atoms with Crippen LogP contribution in [-0.2, 0) is 6.54 Å². The summed E-state index contributed by atoms with van der Waals surface area (Å²) < 4.78 is 1.97. The number of hydrogen-bond acceptors (Lipinski definition) is 2. The van der Waals surface area contributed by atoms with Crippen LogP contribution in [-0.4, -0.2) is 23.4 Å². The lowest BCUT2D eigenvalue weighted by atomic mass is 9.94. The van der Waals surface area contributed by atoms with Crippen molar-refractivity contribution in [3.8, 4) is 0 Å². The number of nitrogens with zero attached hydrogens (tertiary/aromatic N) is 2. The van der Waals surface area contributed by atoms with Gasteiger partial charge in [-0.2, -0.15) is 5.10 Å². The first-order chi connectivity index (χ1) is 5.64. The molecule has 0 amide bonds. The van der Waals surface area contributed by atoms with Gasteiger partial charge in [-0.25, -0.2) is 0 Å². The molecule has 0 unspecified atom stereocenters. The van der Waals surface area contributed by atoms with E-state index in [1.54, 1.807) is 0 Å². The zero-order valence-corrected chi connectivity index (χ0v) is 8.04. The lowest BCUT2D eigenvalue weighted by Crippen LogP contribution is -2.31. The summed E-state index contributed by atoms with van der Waals surface area (Å²) in [5.74, 6) is 0. The van der Waals surface area contributed by atoms with Crippen LogP contribution in [0.4, 0.5) is 0 Å². The minimum absolute atomic E-state index is 0.265. The van der Waals surface area contributed by atoms with E-state index in [2.05, 4.69) is 24.3 Å². The molecule has 1 rings (SSSR count). The van der Waals surface area contributed by atoms with Crippen molar-refractivity contribution in [1.82, 2.24) is 15.1 Å². The third-order valence-electron chi connectivity index (χ3n) is 1.80. The highest BCUT2D eigenvalue weighted by molar-refractivity contribution is 4.80. The average Bonchev–Trinajstić information content (AvgIpc) is 2.38. The Hall–Kier alpha value is -0.830. The quantitative estimate of drug-likeness (QED) is 0.728. The lowest BCUT2D eigenvalue weighted by Gasteiger charge is -2.23. The predicted molar refractivity (Wildman–Crippen MR) is 49.9 cm³/mol. The molecule has 0 saturated heterocycles. The topological polar surface area (TPSA) is 29.9 Å². The summed E-state index contributed by atoms with van der Waals surface area (Å²) >= 11 is 0. The van der Waals surface area contributed by atoms with Crippen molar-refractivity contribution in [3.63, 3.8) is 0 Å². The smallest absolute Gasteiger partial charge is 0.0489 e. The minimum atomic E-state index is 0.265. The molecule has 0 atom stereocenters. The van der Waals surface area contributed by atoms with E-state index in [9.17, 15) is 0 Å². The summed E-state index contributed by atoms with van der Waals surface area (Å²) in [7, 11) is 1.98. The van der Waals surface area contributed by atoms with E-state index < -0.39 is 0 Å². The first-order valence-electron chi connectivity index (χ1n) is 4.26. The third-order valence-corrected chi connectivity index (χ3v) is 1.80. The summed E-state index contributed by atoms with van der Waals surface area (Å²) in [6.45, 7) is 6.42. The lowest BCUT2D eigenvalue weighted by molar-refractivity contribution is 0.283. The molecule has 1 heterocycles. The normalized spacial score (nSPS) is 11.9. The van der Waals surface area contributed by atoms with Crippen LogP contribution in [0.25, 0.3) is 0 Å². The standard InChI is InChI=1S/C9H17N3/c1-9(2,7-10-3)8-12-6-4-5-11-12/h4-6,10H,7-8H2,1-3H3. The highest BCUT2D eigenvalue weighted by Crippen LogP contribution is 2.15. The number of hydrogen-bond donors (Lipinski definition) is 1. The molecule has 1 aromatic heterocycles. The number of nitrogens with one attached hydrogen (secondary N) is 1. The van der Waals surface area contributed by atoms with Gasteiger partial charge in [0.15, 0.2) is 0 Å². The first kappa shape index (κ1) is 9.26. The molecular formula is C9H17N3. The maximum absolute atomic E-state index is 4.17. The fourth-order valence-corrected chi connectivity index (χ4v) is 1.37. The van der Waals surface area contributed by atoms with Crippen molar-refractivity contribution >= 4 is 0 Å². The van der Waals surface area contributed by atoms with Crippen LogP contribution in [0.5, 0.6) is 0 Å². The Morgan fingerprint density at radius 3 is 2.75 bits per heavy atom. The van der Waals surface area contributed by atoms with Crippen molar-refractivity contribution in [1.29, 1.82) is 0 Å². The summed E-state index contributed by atoms with van der Waals surface area (Å²) in [5.41, 5.74) is 0.265. The highest BCUT2D eigenvalue weighted by Gasteiger charge is 2.17. The molecule has 1 aromatic rings. The molecule has 0 fully saturated rings. The molecular weight excluding hydrogens is 150 g/mol. The van der Waals surface area contributed by atoms with E-state index in [1.165, 1.54) is 0 Å². The van der Waals surface area contributed by atoms with Gasteiger partial charge in [0.25, 0.3) is 0 Å². The highest BCUT2D eigenvalue weighted by atomic mass is 15.3. The second kappa shape index (κ2) is 3.72. The Morgan fingerprint density at radius 2 is 2.25 bits per heavy atom. The second-order valence-electron chi connectivity index (χ2n) is 3.90. The van der Waals surface area contributed by atoms with Gasteiger partial charge in [0, 0.05) is 25.5 Å². The molecule has 0 saturated carbocycles. The summed E-state index contributed by atoms with van der Waals surface area (Å²) in [5, 5.41) is 7.35. The Morgan fingerprint density at radius 1 is 1.50 bits per heavy atom. The van der Waals surface area contributed by atoms with Gasteiger partial charge in [-0.05, 0) is 18.5 Å². The molecule has 0 aliphatic rings. The number of rotatable bonds is 4. The van der Waals surface area contributed by atoms with Gasteiger partial charge in [0.1, 0.15) is 0 Å². The Balaban J connectivity index is 2.50. The average molecular weight is 167 g/mol. The number of aromatic nitrogens is 2. The molecule has 3 nitrogen and oxygen atoms in total. The van der Waals surface area contributed by atoms with E-state index in [-0.39, 0.29) is 5.41 Å². The van der Waals surface area contributed by atoms with Gasteiger partial charge in [-0.15, -0.1) is 0 Å². The molecule has 0 aliphatic carbocycles. The summed E-state index contributed by atoms with van der Waals surface area (Å²) in [4.78, 5) is 0. The molecule has 0 aromatic carbocycles. The summed E-state index contributed by atoms with van der Waals surface area (Å²) in [6.07, 6.45) is 3.81. The van der Waals surface area contributed by atoms with Gasteiger partial charge in [-0.1, -0.05) is 13.8 Å². The largest absolute Gasteiger partial charge is 0.319 e. The fraction of sp³-hybridized carbons (Fsp3) is 0.667. The molecule has 1 N–H and O–H groups in total. The first-order valence-corrected chi connectivity index (χ1v) is 4.26. The van der Waals surface area contributed by atoms with Gasteiger partial charge < -0.3 is 5.32 Å². The van der Waals surface area contributed by atoms with Gasteiger partial charge >= 0.3 is 0 Å². The van der Waals surface area contributed by atoms with Crippen LogP contribution in [0.1, 0.15) is 13.8 Å². The van der Waals surface area contributed by atoms with E-state index in [0.717, 1.165) is 13.1 Å². The molecule has 3 heteroatoms. The third kappa shape index (κ3) is 2.66. The molecule has 0 radical (unpaired) electrons. The van der Waals surface area contributed by atoms with Crippen molar-refractivity contribution in [2.45, 2.75) is 20.4 Å². The van der Waals surface area contributed by atoms with Crippen LogP contribution >= 0.6 is 0 Å². The monoisotopic (exact) mass is 167 g/mol. The molecule has 12 heavy (non-hydrogen) atoms. The zero-order chi connectivity index (χ0) is 9.03. The predicted octanol–water partition coefficient (Wildman–Crippen LogP) is 1.13. The van der Waals surface area contributed by atoms with Gasteiger partial charge in [0.05, 0.1) is 0 Å². The van der Waals surface area contributed by atoms with Crippen LogP contribution in [0.15, 0.2) is 18.5 Å². The molecule has 0 bridgehead atoms. The van der Waals surface area contributed by atoms with Crippen molar-refractivity contribution < 1.29 is 0 Å². The van der Waals surface area contributed by atoms with Crippen LogP contribution in [0.2, 0.25) is 0 Å². The van der Waals surface area contributed by atoms with Crippen LogP contribution in [0.3, 0.4) is 0 Å². The Kier molecular flexibility index (Phi) is 2.87. The van der Waals surface area contributed by atoms with Gasteiger partial charge in [0.2, 0.25) is 0 Å². The maximum Gasteiger partial charge on any atom is 0.0489 e. The van der Waals surface area contributed by atoms with Crippen molar-refractivity contribution in [2.24, 2.45) is 5.41 Å². The fourth-order valence-electron chi connectivity index (χ4n) is 1.37. The van der Waals surface area contributed by atoms with Crippen LogP contribution in [0, 0.1) is 5.41 Å². The van der Waals surface area contributed by atoms with Gasteiger partial charge in [-0.3, -0.25) is 4.68 Å². The molecule has 68 valence electrons. The van der Waals surface area contributed by atoms with E-state index in [0.29, 0.717) is 0 Å². The zero-order valence-electron chi connectivity index (χ0n) is 8.04. The maximum atomic E-state index is 4.17. The van der Waals surface area contributed by atoms with Crippen LogP contribution < -0.4 is 5.32 Å². The Labute approximate surface area is 73.8 Å². The van der Waals surface area contributed by atoms with E-state index in [4.69, 9.17) is 0 Å². The summed E-state index contributed by atoms with van der Waals surface area (Å²) in [6, 6.07) is 1.95. The van der Waals surface area contributed by atoms with E-state index in [1.807, 2.05) is 30.2 Å². The van der Waals surface area contributed by atoms with Crippen molar-refractivity contribution in [2.75, 3.05) is 13.6 Å². The molecule has 0 spiro atoms. The van der Waals surface area contributed by atoms with Crippen molar-refractivity contribution in [3.05, 3.63) is 18.5 Å². The minimum Gasteiger partial charge on any atom is -0.319 e. The van der Waals surface area contributed by atoms with E-state index >= 15 is 0 Å². The Bertz CT molecular complexity index is 214. The SMILES string of the molecule is CNCC(C)(C)Cn1cccn1. The molecule has 0 aliphatic heterocycles. The second-order valence-corrected chi connectivity index (χ2v) is 3.90.